The Labute approximate surface area is 143 Å². The van der Waals surface area contributed by atoms with Crippen molar-refractivity contribution in [2.75, 3.05) is 19.3 Å². The molecule has 4 N–H and O–H groups in total. The van der Waals surface area contributed by atoms with Crippen LogP contribution >= 0.6 is 0 Å². The Morgan fingerprint density at radius 2 is 2.21 bits per heavy atom. The standard InChI is InChI=1S/C18H27N5O/c1-5-8-23(4)17-10-16(21-11-22-17)18(20)14-9-13(24-12(2)3)6-7-15(14)19/h6-7,9-12,17,20H,5,8,19H2,1-4H3,(H,21,22). The minimum absolute atomic E-state index is 0.0712. The third-order valence-electron chi connectivity index (χ3n) is 3.73. The number of anilines is 1. The molecule has 1 heterocycles. The maximum absolute atomic E-state index is 8.53. The van der Waals surface area contributed by atoms with Gasteiger partial charge < -0.3 is 15.8 Å². The molecular formula is C18H27N5O. The van der Waals surface area contributed by atoms with Crippen LogP contribution in [0.25, 0.3) is 0 Å². The highest BCUT2D eigenvalue weighted by Crippen LogP contribution is 2.23. The molecule has 6 heteroatoms. The van der Waals surface area contributed by atoms with Crippen molar-refractivity contribution in [2.45, 2.75) is 39.5 Å². The van der Waals surface area contributed by atoms with Gasteiger partial charge >= 0.3 is 0 Å². The molecule has 130 valence electrons. The minimum Gasteiger partial charge on any atom is -0.491 e. The Morgan fingerprint density at radius 1 is 1.46 bits per heavy atom. The molecule has 1 aliphatic rings. The molecule has 0 amide bonds. The molecule has 0 radical (unpaired) electrons. The lowest BCUT2D eigenvalue weighted by molar-refractivity contribution is 0.242. The van der Waals surface area contributed by atoms with Gasteiger partial charge in [-0.15, -0.1) is 0 Å². The van der Waals surface area contributed by atoms with E-state index in [0.29, 0.717) is 28.4 Å². The van der Waals surface area contributed by atoms with E-state index in [9.17, 15) is 0 Å². The van der Waals surface area contributed by atoms with E-state index in [4.69, 9.17) is 15.9 Å². The summed E-state index contributed by atoms with van der Waals surface area (Å²) in [4.78, 5) is 6.56. The molecule has 24 heavy (non-hydrogen) atoms. The number of nitrogen functional groups attached to an aromatic ring is 1. The van der Waals surface area contributed by atoms with Crippen molar-refractivity contribution in [3.05, 3.63) is 35.5 Å². The van der Waals surface area contributed by atoms with Gasteiger partial charge in [0.05, 0.1) is 23.9 Å². The second kappa shape index (κ2) is 7.97. The molecule has 1 atom stereocenters. The number of likely N-dealkylation sites (N-methyl/N-ethyl adjacent to an activating group) is 1. The highest BCUT2D eigenvalue weighted by Gasteiger charge is 2.19. The van der Waals surface area contributed by atoms with Crippen molar-refractivity contribution >= 4 is 17.7 Å². The lowest BCUT2D eigenvalue weighted by Gasteiger charge is -2.25. The molecule has 0 spiro atoms. The van der Waals surface area contributed by atoms with Crippen molar-refractivity contribution in [1.82, 2.24) is 10.2 Å². The molecule has 0 aliphatic carbocycles. The fourth-order valence-corrected chi connectivity index (χ4v) is 2.55. The molecule has 0 saturated carbocycles. The Morgan fingerprint density at radius 3 is 2.88 bits per heavy atom. The van der Waals surface area contributed by atoms with Crippen LogP contribution in [0.2, 0.25) is 0 Å². The minimum atomic E-state index is -0.0714. The fourth-order valence-electron chi connectivity index (χ4n) is 2.55. The second-order valence-electron chi connectivity index (χ2n) is 6.19. The zero-order valence-electron chi connectivity index (χ0n) is 14.8. The summed E-state index contributed by atoms with van der Waals surface area (Å²) in [6.45, 7) is 7.02. The zero-order valence-corrected chi connectivity index (χ0v) is 14.8. The van der Waals surface area contributed by atoms with Crippen molar-refractivity contribution < 1.29 is 4.74 Å². The Hall–Kier alpha value is -2.34. The summed E-state index contributed by atoms with van der Waals surface area (Å²) in [7, 11) is 2.03. The summed E-state index contributed by atoms with van der Waals surface area (Å²) in [6.07, 6.45) is 4.65. The van der Waals surface area contributed by atoms with Gasteiger partial charge in [0, 0.05) is 11.3 Å². The van der Waals surface area contributed by atoms with Crippen molar-refractivity contribution in [3.8, 4) is 5.75 Å². The lowest BCUT2D eigenvalue weighted by Crippen LogP contribution is -2.35. The SMILES string of the molecule is CCCN(C)C1C=C(C(=N)c2cc(OC(C)C)ccc2N)NC=N1. The van der Waals surface area contributed by atoms with Crippen molar-refractivity contribution in [2.24, 2.45) is 4.99 Å². The smallest absolute Gasteiger partial charge is 0.124 e. The van der Waals surface area contributed by atoms with E-state index in [1.165, 1.54) is 0 Å². The van der Waals surface area contributed by atoms with E-state index in [2.05, 4.69) is 22.1 Å². The molecule has 1 aromatic rings. The highest BCUT2D eigenvalue weighted by molar-refractivity contribution is 6.14. The first-order chi connectivity index (χ1) is 11.4. The molecule has 1 aromatic carbocycles. The first-order valence-corrected chi connectivity index (χ1v) is 8.28. The number of hydrogen-bond donors (Lipinski definition) is 3. The average Bonchev–Trinajstić information content (AvgIpc) is 2.56. The predicted molar refractivity (Wildman–Crippen MR) is 99.9 cm³/mol. The van der Waals surface area contributed by atoms with Crippen LogP contribution < -0.4 is 15.8 Å². The van der Waals surface area contributed by atoms with E-state index < -0.39 is 0 Å². The van der Waals surface area contributed by atoms with Gasteiger partial charge in [0.15, 0.2) is 0 Å². The molecule has 0 aromatic heterocycles. The maximum atomic E-state index is 8.53. The summed E-state index contributed by atoms with van der Waals surface area (Å²) in [5.41, 5.74) is 8.32. The van der Waals surface area contributed by atoms with Gasteiger partial charge in [-0.3, -0.25) is 15.3 Å². The largest absolute Gasteiger partial charge is 0.491 e. The number of allylic oxidation sites excluding steroid dienone is 1. The Bertz CT molecular complexity index is 651. The zero-order chi connectivity index (χ0) is 17.7. The average molecular weight is 329 g/mol. The van der Waals surface area contributed by atoms with Gasteiger partial charge in [0.25, 0.3) is 0 Å². The fraction of sp³-hybridized carbons (Fsp3) is 0.444. The van der Waals surface area contributed by atoms with E-state index in [-0.39, 0.29) is 12.3 Å². The Balaban J connectivity index is 2.24. The molecular weight excluding hydrogens is 302 g/mol. The molecule has 0 saturated heterocycles. The number of aliphatic imine (C=N–C) groups is 1. The monoisotopic (exact) mass is 329 g/mol. The number of hydrogen-bond acceptors (Lipinski definition) is 6. The number of nitrogens with zero attached hydrogens (tertiary/aromatic N) is 2. The van der Waals surface area contributed by atoms with Crippen LogP contribution in [-0.2, 0) is 0 Å². The summed E-state index contributed by atoms with van der Waals surface area (Å²) < 4.78 is 5.71. The maximum Gasteiger partial charge on any atom is 0.124 e. The normalized spacial score (nSPS) is 16.9. The van der Waals surface area contributed by atoms with Crippen LogP contribution in [0, 0.1) is 5.41 Å². The third-order valence-corrected chi connectivity index (χ3v) is 3.73. The molecule has 2 rings (SSSR count). The van der Waals surface area contributed by atoms with Crippen LogP contribution in [0.15, 0.2) is 35.0 Å². The molecule has 0 bridgehead atoms. The summed E-state index contributed by atoms with van der Waals surface area (Å²) >= 11 is 0. The van der Waals surface area contributed by atoms with Crippen LogP contribution in [-0.4, -0.2) is 42.8 Å². The van der Waals surface area contributed by atoms with Gasteiger partial charge in [-0.05, 0) is 58.1 Å². The van der Waals surface area contributed by atoms with E-state index in [1.54, 1.807) is 12.4 Å². The van der Waals surface area contributed by atoms with Crippen LogP contribution in [0.4, 0.5) is 5.69 Å². The molecule has 0 fully saturated rings. The number of ether oxygens (including phenoxy) is 1. The number of benzene rings is 1. The summed E-state index contributed by atoms with van der Waals surface area (Å²) in [6, 6.07) is 5.42. The number of nitrogens with two attached hydrogens (primary N) is 1. The molecule has 6 nitrogen and oxygen atoms in total. The highest BCUT2D eigenvalue weighted by atomic mass is 16.5. The third kappa shape index (κ3) is 4.35. The first-order valence-electron chi connectivity index (χ1n) is 8.28. The van der Waals surface area contributed by atoms with Crippen molar-refractivity contribution in [1.29, 1.82) is 5.41 Å². The second-order valence-corrected chi connectivity index (χ2v) is 6.19. The number of nitrogens with one attached hydrogen (secondary N) is 2. The first kappa shape index (κ1) is 18.0. The number of rotatable bonds is 7. The Kier molecular flexibility index (Phi) is 5.98. The molecule has 1 aliphatic heterocycles. The van der Waals surface area contributed by atoms with Gasteiger partial charge in [-0.2, -0.15) is 0 Å². The van der Waals surface area contributed by atoms with Crippen LogP contribution in [0.5, 0.6) is 5.75 Å². The van der Waals surface area contributed by atoms with Gasteiger partial charge in [-0.1, -0.05) is 6.92 Å². The van der Waals surface area contributed by atoms with Crippen LogP contribution in [0.1, 0.15) is 32.8 Å². The van der Waals surface area contributed by atoms with Crippen LogP contribution in [0.3, 0.4) is 0 Å². The lowest BCUT2D eigenvalue weighted by atomic mass is 10.0. The summed E-state index contributed by atoms with van der Waals surface area (Å²) in [5, 5.41) is 11.6. The van der Waals surface area contributed by atoms with E-state index in [1.807, 2.05) is 39.1 Å². The predicted octanol–water partition coefficient (Wildman–Crippen LogP) is 2.61. The van der Waals surface area contributed by atoms with E-state index >= 15 is 0 Å². The topological polar surface area (TPSA) is 86.7 Å². The molecule has 1 unspecified atom stereocenters. The van der Waals surface area contributed by atoms with Gasteiger partial charge in [0.1, 0.15) is 11.9 Å². The van der Waals surface area contributed by atoms with Gasteiger partial charge in [-0.25, -0.2) is 0 Å². The van der Waals surface area contributed by atoms with Crippen molar-refractivity contribution in [3.63, 3.8) is 0 Å². The summed E-state index contributed by atoms with van der Waals surface area (Å²) in [5.74, 6) is 0.712. The van der Waals surface area contributed by atoms with E-state index in [0.717, 1.165) is 13.0 Å². The van der Waals surface area contributed by atoms with Gasteiger partial charge in [0.2, 0.25) is 0 Å². The quantitative estimate of drug-likeness (QED) is 0.530.